The van der Waals surface area contributed by atoms with Gasteiger partial charge in [0, 0.05) is 50.8 Å². The number of hydrogen-bond donors (Lipinski definition) is 2. The Kier molecular flexibility index (Phi) is 8.84. The molecule has 3 aliphatic rings. The molecule has 2 saturated heterocycles. The molecule has 2 heterocycles. The highest BCUT2D eigenvalue weighted by molar-refractivity contribution is 5.58. The van der Waals surface area contributed by atoms with Crippen LogP contribution in [0.5, 0.6) is 17.2 Å². The zero-order valence-corrected chi connectivity index (χ0v) is 24.4. The van der Waals surface area contributed by atoms with Crippen molar-refractivity contribution in [3.63, 3.8) is 0 Å². The number of piperidine rings is 1. The second kappa shape index (κ2) is 12.9. The Labute approximate surface area is 247 Å². The Bertz CT molecular complexity index is 1370. The van der Waals surface area contributed by atoms with Crippen molar-refractivity contribution in [2.75, 3.05) is 58.4 Å². The number of phenolic OH excluding ortho intramolecular Hbond substituents is 1. The van der Waals surface area contributed by atoms with Crippen molar-refractivity contribution in [2.24, 2.45) is 0 Å². The van der Waals surface area contributed by atoms with E-state index in [1.807, 2.05) is 24.3 Å². The molecule has 3 aromatic rings. The van der Waals surface area contributed by atoms with E-state index in [4.69, 9.17) is 18.9 Å². The molecule has 0 saturated carbocycles. The van der Waals surface area contributed by atoms with Gasteiger partial charge in [-0.05, 0) is 84.2 Å². The SMILES string of the molecule is COc1ccc(C2CCc3cc(O)ccc3C2)c(NCCc2ccc(OCCN3CCC4(CC3)OCCO4)c(F)c2)c1. The van der Waals surface area contributed by atoms with E-state index in [2.05, 4.69) is 22.3 Å². The summed E-state index contributed by atoms with van der Waals surface area (Å²) in [6.07, 6.45) is 5.30. The monoisotopic (exact) mass is 576 g/mol. The number of aryl methyl sites for hydroxylation is 1. The number of phenols is 1. The van der Waals surface area contributed by atoms with E-state index in [0.717, 1.165) is 68.7 Å². The van der Waals surface area contributed by atoms with Crippen LogP contribution in [-0.2, 0) is 28.7 Å². The van der Waals surface area contributed by atoms with E-state index in [0.29, 0.717) is 50.2 Å². The van der Waals surface area contributed by atoms with E-state index in [-0.39, 0.29) is 11.6 Å². The van der Waals surface area contributed by atoms with Gasteiger partial charge in [-0.15, -0.1) is 0 Å². The van der Waals surface area contributed by atoms with Crippen LogP contribution in [0.25, 0.3) is 0 Å². The van der Waals surface area contributed by atoms with Gasteiger partial charge in [0.15, 0.2) is 17.4 Å². The van der Waals surface area contributed by atoms with Gasteiger partial charge in [-0.2, -0.15) is 0 Å². The van der Waals surface area contributed by atoms with Crippen molar-refractivity contribution in [1.29, 1.82) is 0 Å². The number of benzene rings is 3. The third-order valence-electron chi connectivity index (χ3n) is 8.94. The van der Waals surface area contributed by atoms with Gasteiger partial charge in [-0.25, -0.2) is 4.39 Å². The number of fused-ring (bicyclic) bond motifs is 1. The van der Waals surface area contributed by atoms with E-state index in [9.17, 15) is 9.50 Å². The van der Waals surface area contributed by atoms with Crippen LogP contribution in [0.15, 0.2) is 54.6 Å². The first-order chi connectivity index (χ1) is 20.5. The molecule has 42 heavy (non-hydrogen) atoms. The zero-order chi connectivity index (χ0) is 28.9. The number of anilines is 1. The molecule has 1 aliphatic carbocycles. The number of aromatic hydroxyl groups is 1. The van der Waals surface area contributed by atoms with E-state index in [1.165, 1.54) is 16.7 Å². The van der Waals surface area contributed by atoms with Crippen LogP contribution in [-0.4, -0.2) is 68.9 Å². The van der Waals surface area contributed by atoms with Crippen LogP contribution in [0.3, 0.4) is 0 Å². The molecule has 0 bridgehead atoms. The fraction of sp³-hybridized carbons (Fsp3) is 0.471. The molecule has 3 aromatic carbocycles. The third kappa shape index (κ3) is 6.66. The third-order valence-corrected chi connectivity index (χ3v) is 8.94. The Balaban J connectivity index is 1.01. The van der Waals surface area contributed by atoms with Gasteiger partial charge in [-0.1, -0.05) is 18.2 Å². The minimum absolute atomic E-state index is 0.295. The summed E-state index contributed by atoms with van der Waals surface area (Å²) in [6, 6.07) is 17.2. The van der Waals surface area contributed by atoms with Gasteiger partial charge in [-0.3, -0.25) is 4.90 Å². The molecule has 8 heteroatoms. The van der Waals surface area contributed by atoms with Gasteiger partial charge in [0.1, 0.15) is 18.1 Å². The summed E-state index contributed by atoms with van der Waals surface area (Å²) in [5.74, 6) is 1.10. The molecule has 1 atom stereocenters. The standard InChI is InChI=1S/C34H41FN2O5/c1-39-29-7-8-30(27-4-3-26-22-28(38)6-5-25(26)21-27)32(23-29)36-13-10-24-2-9-33(31(35)20-24)40-17-16-37-14-11-34(12-15-37)41-18-19-42-34/h2,5-9,20,22-23,27,36,38H,3-4,10-19,21H2,1H3. The predicted molar refractivity (Wildman–Crippen MR) is 160 cm³/mol. The number of methoxy groups -OCH3 is 1. The number of likely N-dealkylation sites (tertiary alicyclic amines) is 1. The van der Waals surface area contributed by atoms with Gasteiger partial charge < -0.3 is 29.4 Å². The van der Waals surface area contributed by atoms with Crippen molar-refractivity contribution in [3.05, 3.63) is 82.7 Å². The Morgan fingerprint density at radius 2 is 1.86 bits per heavy atom. The highest BCUT2D eigenvalue weighted by Crippen LogP contribution is 2.38. The van der Waals surface area contributed by atoms with Crippen LogP contribution in [0, 0.1) is 5.82 Å². The first-order valence-corrected chi connectivity index (χ1v) is 15.1. The smallest absolute Gasteiger partial charge is 0.170 e. The van der Waals surface area contributed by atoms with Crippen molar-refractivity contribution >= 4 is 5.69 Å². The quantitative estimate of drug-likeness (QED) is 0.322. The summed E-state index contributed by atoms with van der Waals surface area (Å²) in [7, 11) is 1.68. The van der Waals surface area contributed by atoms with Crippen molar-refractivity contribution in [1.82, 2.24) is 4.90 Å². The highest BCUT2D eigenvalue weighted by atomic mass is 19.1. The molecule has 6 rings (SSSR count). The Hall–Kier alpha value is -3.33. The Morgan fingerprint density at radius 1 is 1.02 bits per heavy atom. The lowest BCUT2D eigenvalue weighted by Gasteiger charge is -2.37. The molecule has 224 valence electrons. The number of nitrogens with one attached hydrogen (secondary N) is 1. The second-order valence-corrected chi connectivity index (χ2v) is 11.6. The molecule has 1 spiro atoms. The molecule has 2 fully saturated rings. The number of rotatable bonds is 10. The molecule has 1 unspecified atom stereocenters. The number of halogens is 1. The lowest BCUT2D eigenvalue weighted by molar-refractivity contribution is -0.185. The van der Waals surface area contributed by atoms with Crippen LogP contribution in [0.1, 0.15) is 47.4 Å². The van der Waals surface area contributed by atoms with Crippen LogP contribution < -0.4 is 14.8 Å². The topological polar surface area (TPSA) is 72.4 Å². The Morgan fingerprint density at radius 3 is 2.64 bits per heavy atom. The minimum Gasteiger partial charge on any atom is -0.508 e. The van der Waals surface area contributed by atoms with Gasteiger partial charge >= 0.3 is 0 Å². The molecular weight excluding hydrogens is 535 g/mol. The van der Waals surface area contributed by atoms with Crippen molar-refractivity contribution < 1.29 is 28.4 Å². The van der Waals surface area contributed by atoms with Gasteiger partial charge in [0.25, 0.3) is 0 Å². The van der Waals surface area contributed by atoms with Gasteiger partial charge in [0.2, 0.25) is 0 Å². The zero-order valence-electron chi connectivity index (χ0n) is 24.4. The van der Waals surface area contributed by atoms with Crippen LogP contribution in [0.4, 0.5) is 10.1 Å². The predicted octanol–water partition coefficient (Wildman–Crippen LogP) is 5.68. The van der Waals surface area contributed by atoms with Crippen LogP contribution >= 0.6 is 0 Å². The highest BCUT2D eigenvalue weighted by Gasteiger charge is 2.39. The summed E-state index contributed by atoms with van der Waals surface area (Å²) in [5, 5.41) is 13.4. The lowest BCUT2D eigenvalue weighted by atomic mass is 9.79. The molecule has 7 nitrogen and oxygen atoms in total. The van der Waals surface area contributed by atoms with Gasteiger partial charge in [0.05, 0.1) is 20.3 Å². The number of ether oxygens (including phenoxy) is 4. The molecule has 2 N–H and O–H groups in total. The lowest BCUT2D eigenvalue weighted by Crippen LogP contribution is -2.46. The maximum Gasteiger partial charge on any atom is 0.170 e. The summed E-state index contributed by atoms with van der Waals surface area (Å²) in [6.45, 7) is 5.01. The van der Waals surface area contributed by atoms with E-state index >= 15 is 0 Å². The molecule has 0 radical (unpaired) electrons. The van der Waals surface area contributed by atoms with E-state index < -0.39 is 0 Å². The largest absolute Gasteiger partial charge is 0.508 e. The summed E-state index contributed by atoms with van der Waals surface area (Å²) in [5.41, 5.74) is 5.76. The minimum atomic E-state index is -0.379. The fourth-order valence-electron chi connectivity index (χ4n) is 6.52. The first-order valence-electron chi connectivity index (χ1n) is 15.1. The molecule has 2 aliphatic heterocycles. The molecular formula is C34H41FN2O5. The average Bonchev–Trinajstić information content (AvgIpc) is 3.47. The van der Waals surface area contributed by atoms with E-state index in [1.54, 1.807) is 25.3 Å². The maximum absolute atomic E-state index is 14.9. The maximum atomic E-state index is 14.9. The molecule has 0 aromatic heterocycles. The average molecular weight is 577 g/mol. The summed E-state index contributed by atoms with van der Waals surface area (Å²) >= 11 is 0. The van der Waals surface area contributed by atoms with Crippen LogP contribution in [0.2, 0.25) is 0 Å². The second-order valence-electron chi connectivity index (χ2n) is 11.6. The number of nitrogens with zero attached hydrogens (tertiary/aromatic N) is 1. The van der Waals surface area contributed by atoms with Crippen molar-refractivity contribution in [3.8, 4) is 17.2 Å². The normalized spacial score (nSPS) is 19.9. The summed E-state index contributed by atoms with van der Waals surface area (Å²) < 4.78 is 37.8. The summed E-state index contributed by atoms with van der Waals surface area (Å²) in [4.78, 5) is 2.32. The first kappa shape index (κ1) is 28.8. The van der Waals surface area contributed by atoms with Crippen molar-refractivity contribution in [2.45, 2.75) is 50.2 Å². The fourth-order valence-corrected chi connectivity index (χ4v) is 6.52. The number of hydrogen-bond acceptors (Lipinski definition) is 7. The molecule has 0 amide bonds.